The summed E-state index contributed by atoms with van der Waals surface area (Å²) in [5.74, 6) is 0.614. The number of aromatic nitrogens is 3. The van der Waals surface area contributed by atoms with Gasteiger partial charge >= 0.3 is 0 Å². The second-order valence-electron chi connectivity index (χ2n) is 8.58. The van der Waals surface area contributed by atoms with Gasteiger partial charge in [-0.05, 0) is 49.1 Å². The Morgan fingerprint density at radius 2 is 1.61 bits per heavy atom. The summed E-state index contributed by atoms with van der Waals surface area (Å²) in [6, 6.07) is 15.2. The van der Waals surface area contributed by atoms with Crippen molar-refractivity contribution < 1.29 is 9.59 Å². The molecule has 3 rings (SSSR count). The summed E-state index contributed by atoms with van der Waals surface area (Å²) < 4.78 is 1.90. The highest BCUT2D eigenvalue weighted by atomic mass is 32.2. The first-order valence-corrected chi connectivity index (χ1v) is 11.0. The van der Waals surface area contributed by atoms with Crippen molar-refractivity contribution in [2.75, 3.05) is 5.32 Å². The van der Waals surface area contributed by atoms with Crippen molar-refractivity contribution in [3.05, 3.63) is 59.7 Å². The maximum absolute atomic E-state index is 12.6. The van der Waals surface area contributed by atoms with E-state index in [1.165, 1.54) is 24.2 Å². The van der Waals surface area contributed by atoms with Crippen LogP contribution >= 0.6 is 11.8 Å². The largest absolute Gasteiger partial charge is 0.325 e. The van der Waals surface area contributed by atoms with Crippen LogP contribution in [0, 0.1) is 0 Å². The predicted octanol–water partition coefficient (Wildman–Crippen LogP) is 5.10. The number of rotatable bonds is 6. The SMILES string of the molecule is CC(=O)c1ccc(NC(=O)C(C)Sc2nnc(-c3ccc(C(C)(C)C)cc3)n2C)cc1. The molecule has 0 radical (unpaired) electrons. The van der Waals surface area contributed by atoms with Crippen molar-refractivity contribution in [3.8, 4) is 11.4 Å². The summed E-state index contributed by atoms with van der Waals surface area (Å²) in [5, 5.41) is 11.8. The monoisotopic (exact) mass is 436 g/mol. The molecule has 1 atom stereocenters. The van der Waals surface area contributed by atoms with Crippen LogP contribution in [0.5, 0.6) is 0 Å². The van der Waals surface area contributed by atoms with Crippen molar-refractivity contribution >= 4 is 29.1 Å². The number of hydrogen-bond acceptors (Lipinski definition) is 5. The zero-order chi connectivity index (χ0) is 22.8. The van der Waals surface area contributed by atoms with Crippen LogP contribution in [-0.4, -0.2) is 31.7 Å². The normalized spacial score (nSPS) is 12.5. The Kier molecular flexibility index (Phi) is 6.65. The van der Waals surface area contributed by atoms with Crippen molar-refractivity contribution in [1.29, 1.82) is 0 Å². The van der Waals surface area contributed by atoms with Crippen molar-refractivity contribution in [2.45, 2.75) is 50.4 Å². The highest BCUT2D eigenvalue weighted by Gasteiger charge is 2.20. The molecule has 0 aliphatic heterocycles. The molecule has 0 saturated carbocycles. The highest BCUT2D eigenvalue weighted by molar-refractivity contribution is 8.00. The lowest BCUT2D eigenvalue weighted by Crippen LogP contribution is -2.22. The second-order valence-corrected chi connectivity index (χ2v) is 9.88. The van der Waals surface area contributed by atoms with E-state index in [1.54, 1.807) is 24.3 Å². The first kappa shape index (κ1) is 22.7. The zero-order valence-corrected chi connectivity index (χ0v) is 19.6. The van der Waals surface area contributed by atoms with Gasteiger partial charge in [0.25, 0.3) is 0 Å². The van der Waals surface area contributed by atoms with Gasteiger partial charge in [-0.25, -0.2) is 0 Å². The van der Waals surface area contributed by atoms with Crippen molar-refractivity contribution in [3.63, 3.8) is 0 Å². The van der Waals surface area contributed by atoms with Crippen LogP contribution < -0.4 is 5.32 Å². The molecule has 7 heteroatoms. The highest BCUT2D eigenvalue weighted by Crippen LogP contribution is 2.28. The average Bonchev–Trinajstić information content (AvgIpc) is 3.08. The third kappa shape index (κ3) is 5.41. The molecular weight excluding hydrogens is 408 g/mol. The second kappa shape index (κ2) is 9.06. The predicted molar refractivity (Wildman–Crippen MR) is 126 cm³/mol. The number of carbonyl (C=O) groups is 2. The molecule has 1 aromatic heterocycles. The lowest BCUT2D eigenvalue weighted by Gasteiger charge is -2.19. The van der Waals surface area contributed by atoms with Crippen LogP contribution in [0.15, 0.2) is 53.7 Å². The van der Waals surface area contributed by atoms with E-state index in [-0.39, 0.29) is 22.4 Å². The van der Waals surface area contributed by atoms with Gasteiger partial charge in [0, 0.05) is 23.9 Å². The molecule has 162 valence electrons. The summed E-state index contributed by atoms with van der Waals surface area (Å²) in [5.41, 5.74) is 3.60. The Bertz CT molecular complexity index is 1080. The van der Waals surface area contributed by atoms with Crippen LogP contribution in [0.4, 0.5) is 5.69 Å². The molecule has 1 amide bonds. The summed E-state index contributed by atoms with van der Waals surface area (Å²) >= 11 is 1.35. The van der Waals surface area contributed by atoms with E-state index in [1.807, 2.05) is 18.5 Å². The molecule has 0 aliphatic carbocycles. The van der Waals surface area contributed by atoms with Crippen LogP contribution in [0.2, 0.25) is 0 Å². The molecule has 1 unspecified atom stereocenters. The van der Waals surface area contributed by atoms with Crippen molar-refractivity contribution in [2.24, 2.45) is 7.05 Å². The number of nitrogens with one attached hydrogen (secondary N) is 1. The maximum atomic E-state index is 12.6. The smallest absolute Gasteiger partial charge is 0.237 e. The molecule has 1 N–H and O–H groups in total. The van der Waals surface area contributed by atoms with Gasteiger partial charge in [0.05, 0.1) is 5.25 Å². The van der Waals surface area contributed by atoms with Crippen LogP contribution in [-0.2, 0) is 17.3 Å². The molecule has 3 aromatic rings. The lowest BCUT2D eigenvalue weighted by atomic mass is 9.87. The fourth-order valence-electron chi connectivity index (χ4n) is 3.03. The summed E-state index contributed by atoms with van der Waals surface area (Å²) in [7, 11) is 1.90. The fourth-order valence-corrected chi connectivity index (χ4v) is 3.85. The van der Waals surface area contributed by atoms with E-state index in [2.05, 4.69) is 60.6 Å². The summed E-state index contributed by atoms with van der Waals surface area (Å²) in [6.07, 6.45) is 0. The van der Waals surface area contributed by atoms with E-state index in [4.69, 9.17) is 0 Å². The van der Waals surface area contributed by atoms with Crippen LogP contribution in [0.3, 0.4) is 0 Å². The number of thioether (sulfide) groups is 1. The van der Waals surface area contributed by atoms with Gasteiger partial charge in [-0.1, -0.05) is 56.8 Å². The molecule has 0 spiro atoms. The third-order valence-electron chi connectivity index (χ3n) is 5.05. The van der Waals surface area contributed by atoms with Crippen LogP contribution in [0.25, 0.3) is 11.4 Å². The molecule has 1 heterocycles. The summed E-state index contributed by atoms with van der Waals surface area (Å²) in [4.78, 5) is 24.0. The first-order chi connectivity index (χ1) is 14.6. The van der Waals surface area contributed by atoms with Gasteiger partial charge in [-0.3, -0.25) is 9.59 Å². The van der Waals surface area contributed by atoms with E-state index >= 15 is 0 Å². The number of hydrogen-bond donors (Lipinski definition) is 1. The van der Waals surface area contributed by atoms with Gasteiger partial charge in [-0.15, -0.1) is 10.2 Å². The standard InChI is InChI=1S/C24H28N4O2S/c1-15(29)17-9-13-20(14-10-17)25-22(30)16(2)31-23-27-26-21(28(23)6)18-7-11-19(12-8-18)24(3,4)5/h7-14,16H,1-6H3,(H,25,30). The van der Waals surface area contributed by atoms with Crippen LogP contribution in [0.1, 0.15) is 50.5 Å². The maximum Gasteiger partial charge on any atom is 0.237 e. The minimum atomic E-state index is -0.369. The first-order valence-electron chi connectivity index (χ1n) is 10.1. The Morgan fingerprint density at radius 3 is 2.16 bits per heavy atom. The number of anilines is 1. The Labute approximate surface area is 187 Å². The molecular formula is C24H28N4O2S. The fraction of sp³-hybridized carbons (Fsp3) is 0.333. The molecule has 2 aromatic carbocycles. The molecule has 0 fully saturated rings. The van der Waals surface area contributed by atoms with Gasteiger partial charge in [0.1, 0.15) is 0 Å². The van der Waals surface area contributed by atoms with Gasteiger partial charge < -0.3 is 9.88 Å². The van der Waals surface area contributed by atoms with Crippen molar-refractivity contribution in [1.82, 2.24) is 14.8 Å². The Hall–Kier alpha value is -2.93. The number of carbonyl (C=O) groups excluding carboxylic acids is 2. The van der Waals surface area contributed by atoms with E-state index in [9.17, 15) is 9.59 Å². The van der Waals surface area contributed by atoms with E-state index < -0.39 is 0 Å². The molecule has 31 heavy (non-hydrogen) atoms. The molecule has 6 nitrogen and oxygen atoms in total. The Morgan fingerprint density at radius 1 is 1.00 bits per heavy atom. The van der Waals surface area contributed by atoms with Gasteiger partial charge in [0.2, 0.25) is 5.91 Å². The lowest BCUT2D eigenvalue weighted by molar-refractivity contribution is -0.115. The van der Waals surface area contributed by atoms with E-state index in [0.717, 1.165) is 11.4 Å². The third-order valence-corrected chi connectivity index (χ3v) is 6.19. The zero-order valence-electron chi connectivity index (χ0n) is 18.8. The number of benzene rings is 2. The van der Waals surface area contributed by atoms with Gasteiger partial charge in [-0.2, -0.15) is 0 Å². The average molecular weight is 437 g/mol. The van der Waals surface area contributed by atoms with E-state index in [0.29, 0.717) is 16.4 Å². The number of nitrogens with zero attached hydrogens (tertiary/aromatic N) is 3. The minimum absolute atomic E-state index is 0.00654. The number of Topliss-reactive ketones (excluding diaryl/α,β-unsaturated/α-hetero) is 1. The van der Waals surface area contributed by atoms with Gasteiger partial charge in [0.15, 0.2) is 16.8 Å². The molecule has 0 bridgehead atoms. The minimum Gasteiger partial charge on any atom is -0.325 e. The quantitative estimate of drug-likeness (QED) is 0.430. The molecule has 0 saturated heterocycles. The Balaban J connectivity index is 1.68. The number of ketones is 1. The topological polar surface area (TPSA) is 76.9 Å². The number of amides is 1. The molecule has 0 aliphatic rings. The summed E-state index contributed by atoms with van der Waals surface area (Å²) in [6.45, 7) is 9.90.